The zero-order valence-corrected chi connectivity index (χ0v) is 26.2. The van der Waals surface area contributed by atoms with Gasteiger partial charge < -0.3 is 20.5 Å². The number of rotatable bonds is 9. The zero-order valence-electron chi connectivity index (χ0n) is 25.4. The predicted octanol–water partition coefficient (Wildman–Crippen LogP) is 5.80. The van der Waals surface area contributed by atoms with Crippen molar-refractivity contribution in [3.63, 3.8) is 0 Å². The summed E-state index contributed by atoms with van der Waals surface area (Å²) in [5, 5.41) is 4.82. The molecule has 1 aliphatic heterocycles. The lowest BCUT2D eigenvalue weighted by molar-refractivity contribution is 0.00864. The molecular weight excluding hydrogens is 540 g/mol. The normalized spacial score (nSPS) is 20.3. The van der Waals surface area contributed by atoms with Gasteiger partial charge in [-0.15, -0.1) is 0 Å². The average molecular weight is 583 g/mol. The van der Waals surface area contributed by atoms with Crippen LogP contribution in [0.5, 0.6) is 5.88 Å². The maximum Gasteiger partial charge on any atom is 0.340 e. The largest absolute Gasteiger partial charge is 0.474 e. The Labute approximate surface area is 242 Å². The lowest BCUT2D eigenvalue weighted by atomic mass is 9.79. The first-order valence-corrected chi connectivity index (χ1v) is 15.8. The molecule has 0 spiro atoms. The number of nitrogens with zero attached hydrogens (tertiary/aromatic N) is 3. The Morgan fingerprint density at radius 2 is 1.88 bits per heavy atom. The third kappa shape index (κ3) is 5.88. The van der Waals surface area contributed by atoms with Gasteiger partial charge in [-0.25, -0.2) is 24.0 Å². The van der Waals surface area contributed by atoms with E-state index in [1.165, 1.54) is 6.26 Å². The van der Waals surface area contributed by atoms with E-state index in [-0.39, 0.29) is 18.2 Å². The molecule has 222 valence electrons. The number of cyclic esters (lactones) is 1. The van der Waals surface area contributed by atoms with Crippen LogP contribution in [-0.4, -0.2) is 48.3 Å². The van der Waals surface area contributed by atoms with Crippen LogP contribution in [0.25, 0.3) is 10.8 Å². The molecule has 4 rings (SSSR count). The van der Waals surface area contributed by atoms with Gasteiger partial charge in [-0.3, -0.25) is 4.78 Å². The molecule has 4 N–H and O–H groups in total. The summed E-state index contributed by atoms with van der Waals surface area (Å²) in [5.74, 6) is 1.13. The third-order valence-electron chi connectivity index (χ3n) is 8.51. The van der Waals surface area contributed by atoms with E-state index in [1.807, 2.05) is 61.5 Å². The van der Waals surface area contributed by atoms with Gasteiger partial charge in [0.1, 0.15) is 17.7 Å². The molecular formula is C30H42N6O4S. The zero-order chi connectivity index (χ0) is 30.5. The van der Waals surface area contributed by atoms with Gasteiger partial charge in [0.15, 0.2) is 0 Å². The molecule has 1 aliphatic rings. The number of hydrogen-bond acceptors (Lipinski definition) is 10. The molecule has 3 aromatic heterocycles. The minimum Gasteiger partial charge on any atom is -0.474 e. The third-order valence-corrected chi connectivity index (χ3v) is 10.8. The Bertz CT molecular complexity index is 1600. The maximum atomic E-state index is 12.5. The first kappa shape index (κ1) is 30.6. The monoisotopic (exact) mass is 582 g/mol. The van der Waals surface area contributed by atoms with Gasteiger partial charge in [0.25, 0.3) is 0 Å². The van der Waals surface area contributed by atoms with E-state index in [0.29, 0.717) is 47.0 Å². The van der Waals surface area contributed by atoms with Crippen LogP contribution in [0.1, 0.15) is 89.8 Å². The summed E-state index contributed by atoms with van der Waals surface area (Å²) in [6.45, 7) is 15.4. The summed E-state index contributed by atoms with van der Waals surface area (Å²) in [7, 11) is -2.79. The SMILES string of the molecule is CCC(C)(N)c1cnc(O[C@@H](C)CC(C)(C)[S@](C)(=N)=O)c2cnc(Nc3ccc4c(n3)C(C)(C)[C@@H](C)OC4=O)cc12. The summed E-state index contributed by atoms with van der Waals surface area (Å²) in [5.41, 5.74) is 7.56. The average Bonchev–Trinajstić information content (AvgIpc) is 2.86. The Kier molecular flexibility index (Phi) is 7.85. The molecule has 0 saturated heterocycles. The fourth-order valence-electron chi connectivity index (χ4n) is 4.88. The molecule has 4 heterocycles. The molecule has 11 heteroatoms. The van der Waals surface area contributed by atoms with Crippen LogP contribution in [0.15, 0.2) is 30.6 Å². The number of esters is 1. The highest BCUT2D eigenvalue weighted by atomic mass is 32.2. The molecule has 0 amide bonds. The number of nitrogens with two attached hydrogens (primary N) is 1. The van der Waals surface area contributed by atoms with E-state index in [0.717, 1.165) is 10.9 Å². The molecule has 10 nitrogen and oxygen atoms in total. The summed E-state index contributed by atoms with van der Waals surface area (Å²) in [4.78, 5) is 26.5. The lowest BCUT2D eigenvalue weighted by Crippen LogP contribution is -2.42. The molecule has 0 fully saturated rings. The van der Waals surface area contributed by atoms with Gasteiger partial charge in [-0.1, -0.05) is 20.8 Å². The fourth-order valence-corrected chi connectivity index (χ4v) is 5.43. The van der Waals surface area contributed by atoms with Crippen LogP contribution >= 0.6 is 0 Å². The molecule has 0 aromatic carbocycles. The first-order chi connectivity index (χ1) is 18.9. The topological polar surface area (TPSA) is 153 Å². The highest BCUT2D eigenvalue weighted by molar-refractivity contribution is 7.93. The first-order valence-electron chi connectivity index (χ1n) is 13.8. The number of anilines is 2. The second-order valence-electron chi connectivity index (χ2n) is 12.6. The van der Waals surface area contributed by atoms with Crippen molar-refractivity contribution in [1.29, 1.82) is 4.78 Å². The minimum atomic E-state index is -2.79. The van der Waals surface area contributed by atoms with Gasteiger partial charge in [0, 0.05) is 45.8 Å². The van der Waals surface area contributed by atoms with Crippen molar-refractivity contribution >= 4 is 38.1 Å². The molecule has 0 aliphatic carbocycles. The van der Waals surface area contributed by atoms with Gasteiger partial charge in [0.05, 0.1) is 27.5 Å². The fraction of sp³-hybridized carbons (Fsp3) is 0.533. The predicted molar refractivity (Wildman–Crippen MR) is 162 cm³/mol. The van der Waals surface area contributed by atoms with Crippen molar-refractivity contribution < 1.29 is 18.5 Å². The van der Waals surface area contributed by atoms with Crippen molar-refractivity contribution in [3.05, 3.63) is 47.4 Å². The lowest BCUT2D eigenvalue weighted by Gasteiger charge is -2.36. The summed E-state index contributed by atoms with van der Waals surface area (Å²) < 4.78 is 31.5. The Morgan fingerprint density at radius 3 is 2.51 bits per heavy atom. The Hall–Kier alpha value is -3.31. The van der Waals surface area contributed by atoms with Crippen molar-refractivity contribution in [1.82, 2.24) is 15.0 Å². The Morgan fingerprint density at radius 1 is 1.20 bits per heavy atom. The number of ether oxygens (including phenoxy) is 2. The maximum absolute atomic E-state index is 12.5. The van der Waals surface area contributed by atoms with Crippen LogP contribution in [0.3, 0.4) is 0 Å². The molecule has 1 unspecified atom stereocenters. The van der Waals surface area contributed by atoms with E-state index >= 15 is 0 Å². The van der Waals surface area contributed by atoms with Crippen molar-refractivity contribution in [2.75, 3.05) is 11.6 Å². The van der Waals surface area contributed by atoms with E-state index < -0.39 is 25.4 Å². The molecule has 0 saturated carbocycles. The van der Waals surface area contributed by atoms with E-state index in [2.05, 4.69) is 15.3 Å². The Balaban J connectivity index is 1.73. The van der Waals surface area contributed by atoms with Crippen LogP contribution in [-0.2, 0) is 25.4 Å². The van der Waals surface area contributed by atoms with Crippen molar-refractivity contribution in [3.8, 4) is 5.88 Å². The molecule has 41 heavy (non-hydrogen) atoms. The van der Waals surface area contributed by atoms with Crippen LogP contribution in [0, 0.1) is 4.78 Å². The van der Waals surface area contributed by atoms with Crippen LogP contribution in [0.2, 0.25) is 0 Å². The number of carbonyl (C=O) groups is 1. The quantitative estimate of drug-likeness (QED) is 0.266. The van der Waals surface area contributed by atoms with Crippen LogP contribution < -0.4 is 15.8 Å². The number of fused-ring (bicyclic) bond motifs is 2. The van der Waals surface area contributed by atoms with Gasteiger partial charge in [-0.2, -0.15) is 0 Å². The van der Waals surface area contributed by atoms with E-state index in [1.54, 1.807) is 24.5 Å². The van der Waals surface area contributed by atoms with Crippen molar-refractivity contribution in [2.45, 2.75) is 96.1 Å². The highest BCUT2D eigenvalue weighted by Gasteiger charge is 2.41. The summed E-state index contributed by atoms with van der Waals surface area (Å²) in [6.07, 6.45) is 5.34. The summed E-state index contributed by atoms with van der Waals surface area (Å²) in [6, 6.07) is 5.37. The molecule has 0 radical (unpaired) electrons. The standard InChI is InChI=1S/C30H42N6O4S/c1-10-30(8,31)22-16-34-26(39-17(2)14-28(4,5)41(9,32)38)21-15-33-24(13-20(21)22)35-23-12-11-19-25(36-23)29(6,7)18(3)40-27(19)37/h11-13,15-18,32H,10,14,31H2,1-9H3,(H,33,35,36)/t17-,18+,30?,41+/m0/s1. The number of hydrogen-bond donors (Lipinski definition) is 3. The molecule has 4 atom stereocenters. The number of aromatic nitrogens is 3. The second-order valence-corrected chi connectivity index (χ2v) is 15.4. The summed E-state index contributed by atoms with van der Waals surface area (Å²) >= 11 is 0. The van der Waals surface area contributed by atoms with Gasteiger partial charge in [0.2, 0.25) is 5.88 Å². The smallest absolute Gasteiger partial charge is 0.340 e. The molecule has 3 aromatic rings. The van der Waals surface area contributed by atoms with Gasteiger partial charge in [-0.05, 0) is 70.2 Å². The second kappa shape index (κ2) is 10.5. The van der Waals surface area contributed by atoms with E-state index in [9.17, 15) is 9.00 Å². The number of pyridine rings is 3. The van der Waals surface area contributed by atoms with E-state index in [4.69, 9.17) is 25.0 Å². The van der Waals surface area contributed by atoms with Crippen LogP contribution in [0.4, 0.5) is 11.6 Å². The molecule has 0 bridgehead atoms. The highest BCUT2D eigenvalue weighted by Crippen LogP contribution is 2.38. The minimum absolute atomic E-state index is 0.313. The van der Waals surface area contributed by atoms with Crippen molar-refractivity contribution in [2.24, 2.45) is 5.73 Å². The number of carbonyl (C=O) groups excluding carboxylic acids is 1. The van der Waals surface area contributed by atoms with Gasteiger partial charge >= 0.3 is 5.97 Å². The number of nitrogens with one attached hydrogen (secondary N) is 2.